The van der Waals surface area contributed by atoms with Gasteiger partial charge in [-0.05, 0) is 36.1 Å². The third-order valence-corrected chi connectivity index (χ3v) is 5.56. The fourth-order valence-corrected chi connectivity index (χ4v) is 3.88. The van der Waals surface area contributed by atoms with Gasteiger partial charge in [0.25, 0.3) is 0 Å². The number of aryl methyl sites for hydroxylation is 2. The quantitative estimate of drug-likeness (QED) is 0.679. The van der Waals surface area contributed by atoms with Gasteiger partial charge in [-0.3, -0.25) is 4.90 Å². The first-order valence-corrected chi connectivity index (χ1v) is 10.4. The summed E-state index contributed by atoms with van der Waals surface area (Å²) >= 11 is 0. The van der Waals surface area contributed by atoms with Crippen LogP contribution >= 0.6 is 0 Å². The lowest BCUT2D eigenvalue weighted by Crippen LogP contribution is -2.46. The van der Waals surface area contributed by atoms with Crippen LogP contribution in [0.2, 0.25) is 0 Å². The molecule has 0 atom stereocenters. The van der Waals surface area contributed by atoms with Crippen LogP contribution in [-0.2, 0) is 13.0 Å². The predicted molar refractivity (Wildman–Crippen MR) is 120 cm³/mol. The average molecular weight is 388 g/mol. The minimum absolute atomic E-state index is 0.665. The zero-order valence-electron chi connectivity index (χ0n) is 17.3. The van der Waals surface area contributed by atoms with Gasteiger partial charge in [0.1, 0.15) is 5.82 Å². The van der Waals surface area contributed by atoms with E-state index in [0.717, 1.165) is 50.6 Å². The molecule has 2 aromatic carbocycles. The Labute approximate surface area is 173 Å². The zero-order valence-corrected chi connectivity index (χ0v) is 17.3. The van der Waals surface area contributed by atoms with Gasteiger partial charge in [-0.15, -0.1) is 0 Å². The number of aromatic nitrogens is 2. The van der Waals surface area contributed by atoms with Gasteiger partial charge < -0.3 is 10.2 Å². The smallest absolute Gasteiger partial charge is 0.229 e. The lowest BCUT2D eigenvalue weighted by Gasteiger charge is -2.35. The van der Waals surface area contributed by atoms with Gasteiger partial charge >= 0.3 is 0 Å². The number of para-hydroxylation sites is 1. The maximum absolute atomic E-state index is 4.80. The second-order valence-electron chi connectivity index (χ2n) is 7.57. The number of rotatable bonds is 6. The first-order chi connectivity index (χ1) is 14.2. The molecule has 1 saturated heterocycles. The van der Waals surface area contributed by atoms with E-state index in [4.69, 9.17) is 4.98 Å². The van der Waals surface area contributed by atoms with Gasteiger partial charge in [0.2, 0.25) is 5.95 Å². The Morgan fingerprint density at radius 1 is 0.931 bits per heavy atom. The van der Waals surface area contributed by atoms with Crippen molar-refractivity contribution in [3.63, 3.8) is 0 Å². The maximum atomic E-state index is 4.80. The van der Waals surface area contributed by atoms with Crippen LogP contribution in [-0.4, -0.2) is 41.0 Å². The molecule has 29 heavy (non-hydrogen) atoms. The van der Waals surface area contributed by atoms with Crippen molar-refractivity contribution in [1.29, 1.82) is 0 Å². The highest BCUT2D eigenvalue weighted by atomic mass is 15.3. The fourth-order valence-electron chi connectivity index (χ4n) is 3.88. The molecule has 3 aromatic rings. The highest BCUT2D eigenvalue weighted by Gasteiger charge is 2.18. The first kappa shape index (κ1) is 19.4. The topological polar surface area (TPSA) is 44.3 Å². The first-order valence-electron chi connectivity index (χ1n) is 10.4. The van der Waals surface area contributed by atoms with Crippen molar-refractivity contribution in [3.05, 3.63) is 77.5 Å². The largest absolute Gasteiger partial charge is 0.354 e. The third-order valence-electron chi connectivity index (χ3n) is 5.56. The molecule has 1 fully saturated rings. The van der Waals surface area contributed by atoms with Gasteiger partial charge in [0.15, 0.2) is 0 Å². The number of anilines is 3. The molecule has 5 nitrogen and oxygen atoms in total. The van der Waals surface area contributed by atoms with Crippen molar-refractivity contribution in [2.45, 2.75) is 26.8 Å². The number of benzene rings is 2. The second-order valence-corrected chi connectivity index (χ2v) is 7.57. The molecule has 0 radical (unpaired) electrons. The highest BCUT2D eigenvalue weighted by molar-refractivity contribution is 5.63. The van der Waals surface area contributed by atoms with Crippen molar-refractivity contribution in [3.8, 4) is 0 Å². The highest BCUT2D eigenvalue weighted by Crippen LogP contribution is 2.25. The van der Waals surface area contributed by atoms with Crippen LogP contribution in [0.3, 0.4) is 0 Å². The van der Waals surface area contributed by atoms with Crippen molar-refractivity contribution < 1.29 is 0 Å². The Morgan fingerprint density at radius 2 is 1.72 bits per heavy atom. The number of piperazine rings is 1. The molecule has 1 N–H and O–H groups in total. The Hall–Kier alpha value is -2.92. The Balaban J connectivity index is 1.41. The van der Waals surface area contributed by atoms with Crippen molar-refractivity contribution in [2.24, 2.45) is 0 Å². The van der Waals surface area contributed by atoms with Crippen LogP contribution in [0, 0.1) is 6.92 Å². The Morgan fingerprint density at radius 3 is 2.48 bits per heavy atom. The monoisotopic (exact) mass is 387 g/mol. The van der Waals surface area contributed by atoms with Crippen LogP contribution in [0.15, 0.2) is 60.8 Å². The predicted octanol–water partition coefficient (Wildman–Crippen LogP) is 4.41. The Bertz CT molecular complexity index is 933. The number of hydrogen-bond donors (Lipinski definition) is 1. The van der Waals surface area contributed by atoms with Crippen molar-refractivity contribution >= 4 is 17.5 Å². The molecule has 0 unspecified atom stereocenters. The van der Waals surface area contributed by atoms with Gasteiger partial charge in [-0.2, -0.15) is 4.98 Å². The summed E-state index contributed by atoms with van der Waals surface area (Å²) in [5, 5.41) is 3.45. The molecule has 1 aliphatic heterocycles. The zero-order chi connectivity index (χ0) is 20.1. The van der Waals surface area contributed by atoms with Crippen molar-refractivity contribution in [2.75, 3.05) is 36.4 Å². The number of nitrogens with one attached hydrogen (secondary N) is 1. The fraction of sp³-hybridized carbons (Fsp3) is 0.333. The number of hydrogen-bond acceptors (Lipinski definition) is 5. The summed E-state index contributed by atoms with van der Waals surface area (Å²) in [6, 6.07) is 19.1. The molecule has 150 valence electrons. The molecular weight excluding hydrogens is 358 g/mol. The lowest BCUT2D eigenvalue weighted by molar-refractivity contribution is 0.249. The molecule has 2 heterocycles. The summed E-state index contributed by atoms with van der Waals surface area (Å²) in [5.41, 5.74) is 5.00. The third kappa shape index (κ3) is 4.74. The molecule has 0 spiro atoms. The van der Waals surface area contributed by atoms with Crippen LogP contribution in [0.25, 0.3) is 0 Å². The van der Waals surface area contributed by atoms with Crippen LogP contribution < -0.4 is 10.2 Å². The SMILES string of the molecule is CCc1cccc(C)c1Nc1nccc(N2CCN(Cc3ccccc3)CC2)n1. The molecule has 1 aromatic heterocycles. The lowest BCUT2D eigenvalue weighted by atomic mass is 10.1. The molecule has 0 aliphatic carbocycles. The summed E-state index contributed by atoms with van der Waals surface area (Å²) in [7, 11) is 0. The molecule has 0 amide bonds. The van der Waals surface area contributed by atoms with Gasteiger partial charge in [-0.1, -0.05) is 55.5 Å². The molecule has 5 heteroatoms. The molecule has 0 bridgehead atoms. The molecular formula is C24H29N5. The van der Waals surface area contributed by atoms with Crippen molar-refractivity contribution in [1.82, 2.24) is 14.9 Å². The van der Waals surface area contributed by atoms with Gasteiger partial charge in [0, 0.05) is 44.6 Å². The van der Waals surface area contributed by atoms with E-state index in [1.807, 2.05) is 12.3 Å². The molecule has 1 aliphatic rings. The van der Waals surface area contributed by atoms with E-state index in [1.54, 1.807) is 0 Å². The maximum Gasteiger partial charge on any atom is 0.229 e. The average Bonchev–Trinajstić information content (AvgIpc) is 2.77. The van der Waals surface area contributed by atoms with Crippen LogP contribution in [0.4, 0.5) is 17.5 Å². The standard InChI is InChI=1S/C24H29N5/c1-3-21-11-7-8-19(2)23(21)27-24-25-13-12-22(26-24)29-16-14-28(15-17-29)18-20-9-5-4-6-10-20/h4-13H,3,14-18H2,1-2H3,(H,25,26,27). The van der Waals surface area contributed by atoms with Gasteiger partial charge in [-0.25, -0.2) is 4.98 Å². The molecule has 4 rings (SSSR count). The summed E-state index contributed by atoms with van der Waals surface area (Å²) in [6.07, 6.45) is 2.83. The Kier molecular flexibility index (Phi) is 6.06. The van der Waals surface area contributed by atoms with Crippen LogP contribution in [0.1, 0.15) is 23.6 Å². The normalized spacial score (nSPS) is 14.8. The van der Waals surface area contributed by atoms with Gasteiger partial charge in [0.05, 0.1) is 0 Å². The summed E-state index contributed by atoms with van der Waals surface area (Å²) in [6.45, 7) is 9.35. The summed E-state index contributed by atoms with van der Waals surface area (Å²) in [4.78, 5) is 14.1. The second kappa shape index (κ2) is 9.05. The van der Waals surface area contributed by atoms with Crippen LogP contribution in [0.5, 0.6) is 0 Å². The van der Waals surface area contributed by atoms with E-state index in [1.165, 1.54) is 16.7 Å². The van der Waals surface area contributed by atoms with E-state index >= 15 is 0 Å². The minimum Gasteiger partial charge on any atom is -0.354 e. The van der Waals surface area contributed by atoms with E-state index in [-0.39, 0.29) is 0 Å². The summed E-state index contributed by atoms with van der Waals surface area (Å²) < 4.78 is 0. The molecule has 0 saturated carbocycles. The summed E-state index contributed by atoms with van der Waals surface area (Å²) in [5.74, 6) is 1.66. The van der Waals surface area contributed by atoms with E-state index in [0.29, 0.717) is 5.95 Å². The van der Waals surface area contributed by atoms with E-state index in [2.05, 4.69) is 82.5 Å². The van der Waals surface area contributed by atoms with E-state index in [9.17, 15) is 0 Å². The minimum atomic E-state index is 0.665. The number of nitrogens with zero attached hydrogens (tertiary/aromatic N) is 4. The van der Waals surface area contributed by atoms with E-state index < -0.39 is 0 Å².